The normalized spacial score (nSPS) is 19.8. The Kier molecular flexibility index (Phi) is 3.39. The van der Waals surface area contributed by atoms with Crippen LogP contribution in [0, 0.1) is 13.8 Å². The van der Waals surface area contributed by atoms with Gasteiger partial charge in [-0.25, -0.2) is 8.42 Å². The zero-order valence-corrected chi connectivity index (χ0v) is 12.8. The molecule has 0 bridgehead atoms. The van der Waals surface area contributed by atoms with E-state index in [0.717, 1.165) is 18.4 Å². The lowest BCUT2D eigenvalue weighted by Crippen LogP contribution is -2.43. The van der Waals surface area contributed by atoms with Gasteiger partial charge in [0, 0.05) is 12.1 Å². The van der Waals surface area contributed by atoms with Gasteiger partial charge in [0.15, 0.2) is 0 Å². The Morgan fingerprint density at radius 1 is 1.21 bits per heavy atom. The molecule has 19 heavy (non-hydrogen) atoms. The van der Waals surface area contributed by atoms with Crippen molar-refractivity contribution in [1.82, 2.24) is 4.31 Å². The van der Waals surface area contributed by atoms with E-state index < -0.39 is 10.0 Å². The molecule has 0 saturated carbocycles. The van der Waals surface area contributed by atoms with Gasteiger partial charge in [0.25, 0.3) is 0 Å². The van der Waals surface area contributed by atoms with Crippen molar-refractivity contribution in [2.24, 2.45) is 0 Å². The molecular formula is C14H22N2O2S. The lowest BCUT2D eigenvalue weighted by molar-refractivity contribution is 0.291. The van der Waals surface area contributed by atoms with Gasteiger partial charge in [0.1, 0.15) is 4.90 Å². The molecule has 5 heteroatoms. The summed E-state index contributed by atoms with van der Waals surface area (Å²) in [6.07, 6.45) is 1.79. The van der Waals surface area contributed by atoms with Gasteiger partial charge in [0.05, 0.1) is 5.69 Å². The third-order valence-electron chi connectivity index (χ3n) is 3.98. The third-order valence-corrected chi connectivity index (χ3v) is 6.30. The number of hydrogen-bond acceptors (Lipinski definition) is 3. The Labute approximate surface area is 115 Å². The smallest absolute Gasteiger partial charge is 0.245 e. The predicted octanol–water partition coefficient (Wildman–Crippen LogP) is 2.45. The van der Waals surface area contributed by atoms with E-state index in [2.05, 4.69) is 0 Å². The van der Waals surface area contributed by atoms with Gasteiger partial charge >= 0.3 is 0 Å². The van der Waals surface area contributed by atoms with Gasteiger partial charge in [-0.2, -0.15) is 4.31 Å². The molecule has 1 aromatic carbocycles. The second kappa shape index (κ2) is 4.49. The highest BCUT2D eigenvalue weighted by Gasteiger charge is 2.42. The fourth-order valence-electron chi connectivity index (χ4n) is 2.79. The van der Waals surface area contributed by atoms with Crippen molar-refractivity contribution >= 4 is 15.7 Å². The van der Waals surface area contributed by atoms with Crippen LogP contribution in [0.15, 0.2) is 17.0 Å². The first-order chi connectivity index (χ1) is 8.68. The van der Waals surface area contributed by atoms with Crippen LogP contribution in [0.25, 0.3) is 0 Å². The third kappa shape index (κ3) is 2.25. The number of aryl methyl sites for hydroxylation is 2. The highest BCUT2D eigenvalue weighted by Crippen LogP contribution is 2.37. The minimum Gasteiger partial charge on any atom is -0.397 e. The number of nitrogen functional groups attached to an aromatic ring is 1. The molecule has 0 aromatic heterocycles. The van der Waals surface area contributed by atoms with Gasteiger partial charge in [-0.15, -0.1) is 0 Å². The minimum atomic E-state index is -3.52. The number of sulfonamides is 1. The molecule has 2 N–H and O–H groups in total. The zero-order chi connectivity index (χ0) is 14.4. The van der Waals surface area contributed by atoms with E-state index in [-0.39, 0.29) is 10.4 Å². The van der Waals surface area contributed by atoms with Crippen molar-refractivity contribution in [1.29, 1.82) is 0 Å². The summed E-state index contributed by atoms with van der Waals surface area (Å²) in [4.78, 5) is 0.280. The molecule has 0 spiro atoms. The van der Waals surface area contributed by atoms with Crippen LogP contribution in [0.3, 0.4) is 0 Å². The number of anilines is 1. The highest BCUT2D eigenvalue weighted by molar-refractivity contribution is 7.89. The minimum absolute atomic E-state index is 0.280. The van der Waals surface area contributed by atoms with Crippen LogP contribution in [0.1, 0.15) is 37.8 Å². The molecular weight excluding hydrogens is 260 g/mol. The van der Waals surface area contributed by atoms with Gasteiger partial charge in [-0.3, -0.25) is 0 Å². The standard InChI is InChI=1S/C14H22N2O2S/c1-10-6-7-11(2)13(12(10)15)19(17,18)16-9-5-8-14(16,3)4/h6-7H,5,8-9,15H2,1-4H3. The van der Waals surface area contributed by atoms with Crippen LogP contribution in [-0.4, -0.2) is 24.8 Å². The Morgan fingerprint density at radius 2 is 1.79 bits per heavy atom. The molecule has 1 fully saturated rings. The first-order valence-electron chi connectivity index (χ1n) is 6.56. The van der Waals surface area contributed by atoms with E-state index >= 15 is 0 Å². The molecule has 4 nitrogen and oxygen atoms in total. The first kappa shape index (κ1) is 14.3. The molecule has 1 aromatic rings. The molecule has 0 unspecified atom stereocenters. The van der Waals surface area contributed by atoms with Gasteiger partial charge < -0.3 is 5.73 Å². The molecule has 0 atom stereocenters. The number of benzene rings is 1. The monoisotopic (exact) mass is 282 g/mol. The highest BCUT2D eigenvalue weighted by atomic mass is 32.2. The number of nitrogens with two attached hydrogens (primary N) is 1. The summed E-state index contributed by atoms with van der Waals surface area (Å²) in [6.45, 7) is 8.15. The quantitative estimate of drug-likeness (QED) is 0.847. The fourth-order valence-corrected chi connectivity index (χ4v) is 5.03. The van der Waals surface area contributed by atoms with E-state index in [4.69, 9.17) is 5.73 Å². The van der Waals surface area contributed by atoms with Crippen molar-refractivity contribution < 1.29 is 8.42 Å². The topological polar surface area (TPSA) is 63.4 Å². The van der Waals surface area contributed by atoms with Crippen LogP contribution < -0.4 is 5.73 Å². The summed E-state index contributed by atoms with van der Waals surface area (Å²) in [5, 5.41) is 0. The van der Waals surface area contributed by atoms with Crippen molar-refractivity contribution in [2.75, 3.05) is 12.3 Å². The molecule has 0 aliphatic carbocycles. The summed E-state index contributed by atoms with van der Waals surface area (Å²) in [5.74, 6) is 0. The molecule has 1 aliphatic rings. The second-order valence-electron chi connectivity index (χ2n) is 5.94. The maximum Gasteiger partial charge on any atom is 0.245 e. The van der Waals surface area contributed by atoms with Crippen molar-refractivity contribution in [3.05, 3.63) is 23.3 Å². The van der Waals surface area contributed by atoms with Gasteiger partial charge in [-0.1, -0.05) is 12.1 Å². The molecule has 0 amide bonds. The lowest BCUT2D eigenvalue weighted by atomic mass is 10.0. The van der Waals surface area contributed by atoms with E-state index in [1.54, 1.807) is 11.2 Å². The summed E-state index contributed by atoms with van der Waals surface area (Å²) >= 11 is 0. The van der Waals surface area contributed by atoms with Crippen molar-refractivity contribution in [3.63, 3.8) is 0 Å². The summed E-state index contributed by atoms with van der Waals surface area (Å²) < 4.78 is 27.4. The molecule has 1 saturated heterocycles. The number of nitrogens with zero attached hydrogens (tertiary/aromatic N) is 1. The molecule has 1 heterocycles. The lowest BCUT2D eigenvalue weighted by Gasteiger charge is -2.31. The first-order valence-corrected chi connectivity index (χ1v) is 8.00. The summed E-state index contributed by atoms with van der Waals surface area (Å²) in [7, 11) is -3.52. The van der Waals surface area contributed by atoms with Gasteiger partial charge in [-0.05, 0) is 51.7 Å². The Balaban J connectivity index is 2.61. The average Bonchev–Trinajstić information content (AvgIpc) is 2.64. The largest absolute Gasteiger partial charge is 0.397 e. The Bertz CT molecular complexity index is 606. The van der Waals surface area contributed by atoms with Crippen LogP contribution in [0.4, 0.5) is 5.69 Å². The fraction of sp³-hybridized carbons (Fsp3) is 0.571. The number of hydrogen-bond donors (Lipinski definition) is 1. The van der Waals surface area contributed by atoms with E-state index in [0.29, 0.717) is 17.8 Å². The average molecular weight is 282 g/mol. The van der Waals surface area contributed by atoms with Crippen molar-refractivity contribution in [2.45, 2.75) is 51.0 Å². The Morgan fingerprint density at radius 3 is 2.32 bits per heavy atom. The molecule has 2 rings (SSSR count). The van der Waals surface area contributed by atoms with E-state index in [1.807, 2.05) is 32.9 Å². The SMILES string of the molecule is Cc1ccc(C)c(S(=O)(=O)N2CCCC2(C)C)c1N. The maximum atomic E-state index is 12.9. The van der Waals surface area contributed by atoms with Gasteiger partial charge in [0.2, 0.25) is 10.0 Å². The molecule has 1 aliphatic heterocycles. The molecule has 106 valence electrons. The predicted molar refractivity (Wildman–Crippen MR) is 77.5 cm³/mol. The van der Waals surface area contributed by atoms with Crippen LogP contribution in [0.2, 0.25) is 0 Å². The summed E-state index contributed by atoms with van der Waals surface area (Å²) in [6, 6.07) is 3.68. The zero-order valence-electron chi connectivity index (χ0n) is 12.0. The van der Waals surface area contributed by atoms with E-state index in [9.17, 15) is 8.42 Å². The van der Waals surface area contributed by atoms with Crippen LogP contribution in [-0.2, 0) is 10.0 Å². The maximum absolute atomic E-state index is 12.9. The Hall–Kier alpha value is -1.07. The second-order valence-corrected chi connectivity index (χ2v) is 7.73. The molecule has 0 radical (unpaired) electrons. The number of rotatable bonds is 2. The van der Waals surface area contributed by atoms with Crippen molar-refractivity contribution in [3.8, 4) is 0 Å². The summed E-state index contributed by atoms with van der Waals surface area (Å²) in [5.41, 5.74) is 7.59. The van der Waals surface area contributed by atoms with Crippen LogP contribution in [0.5, 0.6) is 0 Å². The van der Waals surface area contributed by atoms with E-state index in [1.165, 1.54) is 0 Å². The van der Waals surface area contributed by atoms with Crippen LogP contribution >= 0.6 is 0 Å².